The number of ether oxygens (including phenoxy) is 1. The minimum atomic E-state index is -4.78. The van der Waals surface area contributed by atoms with Crippen molar-refractivity contribution >= 4 is 0 Å². The van der Waals surface area contributed by atoms with Crippen LogP contribution in [0.3, 0.4) is 0 Å². The largest absolute Gasteiger partial charge is 0.576 e. The molecule has 11 heavy (non-hydrogen) atoms. The first kappa shape index (κ1) is 7.83. The van der Waals surface area contributed by atoms with Crippen molar-refractivity contribution in [1.82, 2.24) is 10.2 Å². The number of halogens is 3. The molecule has 1 aromatic heterocycles. The highest BCUT2D eigenvalue weighted by Crippen LogP contribution is 2.20. The molecular weight excluding hydrogens is 165 g/mol. The summed E-state index contributed by atoms with van der Waals surface area (Å²) in [5, 5.41) is 6.10. The number of aromatic nitrogens is 2. The molecule has 0 aliphatic heterocycles. The highest BCUT2D eigenvalue weighted by Gasteiger charge is 2.33. The van der Waals surface area contributed by atoms with Crippen molar-refractivity contribution in [3.63, 3.8) is 0 Å². The van der Waals surface area contributed by atoms with Crippen molar-refractivity contribution in [1.29, 1.82) is 0 Å². The molecule has 0 aromatic carbocycles. The third-order valence-electron chi connectivity index (χ3n) is 0.711. The number of rotatable bonds is 1. The van der Waals surface area contributed by atoms with Crippen molar-refractivity contribution in [3.8, 4) is 6.08 Å². The molecule has 0 radical (unpaired) electrons. The quantitative estimate of drug-likeness (QED) is 0.633. The van der Waals surface area contributed by atoms with Crippen LogP contribution in [0.4, 0.5) is 13.2 Å². The lowest BCUT2D eigenvalue weighted by molar-refractivity contribution is -0.282. The average molecular weight is 168 g/mol. The summed E-state index contributed by atoms with van der Waals surface area (Å²) in [5.74, 6) is 0.0178. The smallest absolute Gasteiger partial charge is 0.394 e. The molecule has 62 valence electrons. The maximum atomic E-state index is 11.4. The molecule has 1 rings (SSSR count). The molecule has 0 unspecified atom stereocenters. The summed E-state index contributed by atoms with van der Waals surface area (Å²) in [7, 11) is 0. The van der Waals surface area contributed by atoms with Crippen LogP contribution >= 0.6 is 0 Å². The number of hydrogen-bond donors (Lipinski definition) is 0. The van der Waals surface area contributed by atoms with Gasteiger partial charge in [0.2, 0.25) is 5.89 Å². The molecule has 0 saturated heterocycles. The summed E-state index contributed by atoms with van der Waals surface area (Å²) >= 11 is 0. The van der Waals surface area contributed by atoms with Gasteiger partial charge < -0.3 is 9.15 Å². The molecule has 0 aliphatic rings. The van der Waals surface area contributed by atoms with Crippen molar-refractivity contribution < 1.29 is 22.3 Å². The second kappa shape index (κ2) is 2.40. The standard InChI is InChI=1S/C4H3F3N2O2/c1-2-8-9-3(10-2)11-4(5,6)7/h1H3. The summed E-state index contributed by atoms with van der Waals surface area (Å²) in [6.07, 6.45) is -5.67. The van der Waals surface area contributed by atoms with Crippen LogP contribution in [0.15, 0.2) is 4.42 Å². The Balaban J connectivity index is 2.65. The molecule has 1 heterocycles. The van der Waals surface area contributed by atoms with E-state index in [-0.39, 0.29) is 5.89 Å². The Kier molecular flexibility index (Phi) is 1.71. The molecule has 4 nitrogen and oxygen atoms in total. The Morgan fingerprint density at radius 3 is 2.36 bits per heavy atom. The Morgan fingerprint density at radius 1 is 1.36 bits per heavy atom. The molecule has 0 atom stereocenters. The monoisotopic (exact) mass is 168 g/mol. The lowest BCUT2D eigenvalue weighted by Crippen LogP contribution is -2.17. The van der Waals surface area contributed by atoms with E-state index >= 15 is 0 Å². The molecule has 0 fully saturated rings. The Morgan fingerprint density at radius 2 is 2.00 bits per heavy atom. The van der Waals surface area contributed by atoms with Gasteiger partial charge >= 0.3 is 12.4 Å². The van der Waals surface area contributed by atoms with Crippen LogP contribution in [-0.2, 0) is 0 Å². The van der Waals surface area contributed by atoms with Gasteiger partial charge in [-0.1, -0.05) is 5.10 Å². The summed E-state index contributed by atoms with van der Waals surface area (Å²) in [6, 6.07) is 0. The SMILES string of the molecule is Cc1nnc(OC(F)(F)F)o1. The van der Waals surface area contributed by atoms with Gasteiger partial charge in [0, 0.05) is 6.92 Å². The Labute approximate surface area is 59.0 Å². The number of aryl methyl sites for hydroxylation is 1. The first-order chi connectivity index (χ1) is 4.97. The van der Waals surface area contributed by atoms with Gasteiger partial charge in [-0.15, -0.1) is 18.3 Å². The zero-order valence-corrected chi connectivity index (χ0v) is 5.34. The van der Waals surface area contributed by atoms with Gasteiger partial charge in [0.1, 0.15) is 0 Å². The first-order valence-corrected chi connectivity index (χ1v) is 2.53. The lowest BCUT2D eigenvalue weighted by Gasteiger charge is -2.01. The molecule has 7 heteroatoms. The molecule has 0 aliphatic carbocycles. The summed E-state index contributed by atoms with van der Waals surface area (Å²) in [6.45, 7) is 1.36. The van der Waals surface area contributed by atoms with Gasteiger partial charge in [0.25, 0.3) is 0 Å². The van der Waals surface area contributed by atoms with Crippen LogP contribution in [0, 0.1) is 6.92 Å². The second-order valence-corrected chi connectivity index (χ2v) is 1.63. The van der Waals surface area contributed by atoms with E-state index in [0.717, 1.165) is 0 Å². The van der Waals surface area contributed by atoms with E-state index in [4.69, 9.17) is 0 Å². The molecule has 0 N–H and O–H groups in total. The maximum Gasteiger partial charge on any atom is 0.576 e. The van der Waals surface area contributed by atoms with Gasteiger partial charge in [-0.3, -0.25) is 0 Å². The van der Waals surface area contributed by atoms with E-state index in [1.165, 1.54) is 6.92 Å². The van der Waals surface area contributed by atoms with Gasteiger partial charge in [-0.25, -0.2) is 0 Å². The van der Waals surface area contributed by atoms with Crippen molar-refractivity contribution in [2.75, 3.05) is 0 Å². The molecule has 0 spiro atoms. The zero-order valence-electron chi connectivity index (χ0n) is 5.34. The van der Waals surface area contributed by atoms with Gasteiger partial charge in [-0.2, -0.15) is 0 Å². The molecule has 0 bridgehead atoms. The van der Waals surface area contributed by atoms with E-state index < -0.39 is 12.4 Å². The summed E-state index contributed by atoms with van der Waals surface area (Å²) in [5.41, 5.74) is 0. The van der Waals surface area contributed by atoms with Crippen LogP contribution in [0.2, 0.25) is 0 Å². The lowest BCUT2D eigenvalue weighted by atomic mass is 10.8. The Hall–Kier alpha value is -1.27. The predicted octanol–water partition coefficient (Wildman–Crippen LogP) is 1.28. The van der Waals surface area contributed by atoms with Crippen LogP contribution < -0.4 is 4.74 Å². The van der Waals surface area contributed by atoms with Crippen LogP contribution in [0.25, 0.3) is 0 Å². The fraction of sp³-hybridized carbons (Fsp3) is 0.500. The Bertz CT molecular complexity index is 244. The highest BCUT2D eigenvalue weighted by molar-refractivity contribution is 4.83. The summed E-state index contributed by atoms with van der Waals surface area (Å²) in [4.78, 5) is 0. The number of alkyl halides is 3. The normalized spacial score (nSPS) is 11.6. The molecule has 0 saturated carbocycles. The zero-order chi connectivity index (χ0) is 8.48. The topological polar surface area (TPSA) is 48.2 Å². The first-order valence-electron chi connectivity index (χ1n) is 2.53. The van der Waals surface area contributed by atoms with Gasteiger partial charge in [0.15, 0.2) is 0 Å². The van der Waals surface area contributed by atoms with Crippen molar-refractivity contribution in [3.05, 3.63) is 5.89 Å². The van der Waals surface area contributed by atoms with E-state index in [9.17, 15) is 13.2 Å². The van der Waals surface area contributed by atoms with Crippen LogP contribution in [0.5, 0.6) is 6.08 Å². The van der Waals surface area contributed by atoms with E-state index in [0.29, 0.717) is 0 Å². The molecule has 1 aromatic rings. The maximum absolute atomic E-state index is 11.4. The van der Waals surface area contributed by atoms with E-state index in [1.807, 2.05) is 0 Å². The fourth-order valence-electron chi connectivity index (χ4n) is 0.419. The second-order valence-electron chi connectivity index (χ2n) is 1.63. The van der Waals surface area contributed by atoms with Crippen LogP contribution in [-0.4, -0.2) is 16.6 Å². The van der Waals surface area contributed by atoms with Crippen molar-refractivity contribution in [2.24, 2.45) is 0 Å². The van der Waals surface area contributed by atoms with Gasteiger partial charge in [-0.05, 0) is 0 Å². The van der Waals surface area contributed by atoms with Gasteiger partial charge in [0.05, 0.1) is 0 Å². The minimum absolute atomic E-state index is 0.0178. The molecular formula is C4H3F3N2O2. The van der Waals surface area contributed by atoms with E-state index in [1.54, 1.807) is 0 Å². The minimum Gasteiger partial charge on any atom is -0.394 e. The molecule has 0 amide bonds. The third kappa shape index (κ3) is 2.44. The number of hydrogen-bond acceptors (Lipinski definition) is 4. The fourth-order valence-corrected chi connectivity index (χ4v) is 0.419. The van der Waals surface area contributed by atoms with Crippen LogP contribution in [0.1, 0.15) is 5.89 Å². The predicted molar refractivity (Wildman–Crippen MR) is 25.7 cm³/mol. The van der Waals surface area contributed by atoms with E-state index in [2.05, 4.69) is 19.4 Å². The number of nitrogens with zero attached hydrogens (tertiary/aromatic N) is 2. The highest BCUT2D eigenvalue weighted by atomic mass is 19.4. The average Bonchev–Trinajstić information content (AvgIpc) is 2.10. The third-order valence-corrected chi connectivity index (χ3v) is 0.711. The van der Waals surface area contributed by atoms with Crippen molar-refractivity contribution in [2.45, 2.75) is 13.3 Å². The summed E-state index contributed by atoms with van der Waals surface area (Å²) < 4.78 is 41.8.